The summed E-state index contributed by atoms with van der Waals surface area (Å²) < 4.78 is 11.0. The molecule has 0 aliphatic carbocycles. The molecule has 1 amide bonds. The van der Waals surface area contributed by atoms with Crippen molar-refractivity contribution < 1.29 is 14.3 Å². The van der Waals surface area contributed by atoms with Crippen LogP contribution in [0.1, 0.15) is 29.6 Å². The van der Waals surface area contributed by atoms with E-state index in [9.17, 15) is 4.79 Å². The van der Waals surface area contributed by atoms with Gasteiger partial charge >= 0.3 is 0 Å². The first-order valence-electron chi connectivity index (χ1n) is 7.09. The van der Waals surface area contributed by atoms with Crippen LogP contribution in [0.25, 0.3) is 0 Å². The number of carbonyl (C=O) groups excluding carboxylic acids is 1. The predicted molar refractivity (Wildman–Crippen MR) is 84.8 cm³/mol. The fraction of sp³-hybridized carbons (Fsp3) is 0.533. The highest BCUT2D eigenvalue weighted by atomic mass is 35.5. The average Bonchev–Trinajstić information content (AvgIpc) is 2.96. The first kappa shape index (κ1) is 17.8. The van der Waals surface area contributed by atoms with Gasteiger partial charge in [0.05, 0.1) is 18.3 Å². The van der Waals surface area contributed by atoms with Crippen LogP contribution in [0.3, 0.4) is 0 Å². The number of benzene rings is 1. The van der Waals surface area contributed by atoms with Crippen molar-refractivity contribution in [1.29, 1.82) is 0 Å². The Morgan fingerprint density at radius 3 is 2.95 bits per heavy atom. The van der Waals surface area contributed by atoms with Crippen LogP contribution in [0.4, 0.5) is 5.69 Å². The summed E-state index contributed by atoms with van der Waals surface area (Å²) >= 11 is 0. The van der Waals surface area contributed by atoms with Gasteiger partial charge < -0.3 is 20.5 Å². The number of hydrogen-bond acceptors (Lipinski definition) is 4. The Morgan fingerprint density at radius 1 is 1.43 bits per heavy atom. The summed E-state index contributed by atoms with van der Waals surface area (Å²) in [7, 11) is 0. The number of nitrogens with one attached hydrogen (secondary N) is 1. The molecule has 3 N–H and O–H groups in total. The maximum atomic E-state index is 11.9. The number of hydrogen-bond donors (Lipinski definition) is 2. The number of halogens is 1. The van der Waals surface area contributed by atoms with Crippen LogP contribution in [0.2, 0.25) is 0 Å². The molecular formula is C15H23ClN2O3. The lowest BCUT2D eigenvalue weighted by atomic mass is 10.1. The predicted octanol–water partition coefficient (Wildman–Crippen LogP) is 2.01. The van der Waals surface area contributed by atoms with E-state index < -0.39 is 0 Å². The van der Waals surface area contributed by atoms with Crippen LogP contribution in [-0.4, -0.2) is 38.4 Å². The Morgan fingerprint density at radius 2 is 2.24 bits per heavy atom. The van der Waals surface area contributed by atoms with Gasteiger partial charge in [-0.25, -0.2) is 0 Å². The molecule has 2 rings (SSSR count). The van der Waals surface area contributed by atoms with Crippen molar-refractivity contribution in [3.63, 3.8) is 0 Å². The molecule has 1 aliphatic rings. The van der Waals surface area contributed by atoms with Crippen molar-refractivity contribution in [3.8, 4) is 0 Å². The standard InChI is InChI=1S/C15H22N2O3.ClH/c16-14-7-2-1-6-13(14)15(18)17-8-4-9-19-11-12-5-3-10-20-12;/h1-2,6-7,12H,3-5,8-11,16H2,(H,17,18);1H. The van der Waals surface area contributed by atoms with Crippen molar-refractivity contribution in [2.24, 2.45) is 0 Å². The number of anilines is 1. The molecule has 1 heterocycles. The van der Waals surface area contributed by atoms with E-state index in [-0.39, 0.29) is 24.4 Å². The summed E-state index contributed by atoms with van der Waals surface area (Å²) in [5.41, 5.74) is 6.76. The summed E-state index contributed by atoms with van der Waals surface area (Å²) in [6, 6.07) is 7.05. The number of rotatable bonds is 7. The molecular weight excluding hydrogens is 292 g/mol. The molecule has 1 fully saturated rings. The van der Waals surface area contributed by atoms with E-state index in [2.05, 4.69) is 5.32 Å². The summed E-state index contributed by atoms with van der Waals surface area (Å²) in [4.78, 5) is 11.9. The topological polar surface area (TPSA) is 73.6 Å². The highest BCUT2D eigenvalue weighted by molar-refractivity contribution is 5.98. The van der Waals surface area contributed by atoms with Gasteiger partial charge in [-0.1, -0.05) is 12.1 Å². The molecule has 1 aromatic rings. The number of nitrogens with two attached hydrogens (primary N) is 1. The second-order valence-electron chi connectivity index (χ2n) is 4.91. The lowest BCUT2D eigenvalue weighted by Crippen LogP contribution is -2.26. The number of amides is 1. The van der Waals surface area contributed by atoms with Crippen molar-refractivity contribution in [2.45, 2.75) is 25.4 Å². The molecule has 1 aliphatic heterocycles. The minimum Gasteiger partial charge on any atom is -0.398 e. The molecule has 1 saturated heterocycles. The fourth-order valence-electron chi connectivity index (χ4n) is 2.17. The van der Waals surface area contributed by atoms with Gasteiger partial charge in [0, 0.05) is 25.4 Å². The molecule has 1 atom stereocenters. The lowest BCUT2D eigenvalue weighted by molar-refractivity contribution is 0.0166. The third kappa shape index (κ3) is 5.91. The highest BCUT2D eigenvalue weighted by Gasteiger charge is 2.15. The SMILES string of the molecule is Cl.Nc1ccccc1C(=O)NCCCOCC1CCCO1. The smallest absolute Gasteiger partial charge is 0.253 e. The summed E-state index contributed by atoms with van der Waals surface area (Å²) in [6.45, 7) is 2.71. The van der Waals surface area contributed by atoms with E-state index in [1.807, 2.05) is 6.07 Å². The molecule has 0 aromatic heterocycles. The van der Waals surface area contributed by atoms with Crippen LogP contribution in [0.15, 0.2) is 24.3 Å². The lowest BCUT2D eigenvalue weighted by Gasteiger charge is -2.10. The van der Waals surface area contributed by atoms with Gasteiger partial charge in [-0.05, 0) is 31.4 Å². The van der Waals surface area contributed by atoms with E-state index in [0.717, 1.165) is 25.9 Å². The normalized spacial score (nSPS) is 17.2. The molecule has 0 radical (unpaired) electrons. The highest BCUT2D eigenvalue weighted by Crippen LogP contribution is 2.12. The van der Waals surface area contributed by atoms with Crippen LogP contribution in [0.5, 0.6) is 0 Å². The van der Waals surface area contributed by atoms with Gasteiger partial charge in [0.25, 0.3) is 5.91 Å². The molecule has 0 bridgehead atoms. The zero-order valence-corrected chi connectivity index (χ0v) is 12.9. The first-order chi connectivity index (χ1) is 9.77. The van der Waals surface area contributed by atoms with Crippen LogP contribution in [-0.2, 0) is 9.47 Å². The number of nitrogen functional groups attached to an aromatic ring is 1. The van der Waals surface area contributed by atoms with Crippen molar-refractivity contribution in [2.75, 3.05) is 32.1 Å². The van der Waals surface area contributed by atoms with Crippen molar-refractivity contribution in [3.05, 3.63) is 29.8 Å². The summed E-state index contributed by atoms with van der Waals surface area (Å²) in [5, 5.41) is 2.84. The van der Waals surface area contributed by atoms with Gasteiger partial charge in [0.1, 0.15) is 0 Å². The van der Waals surface area contributed by atoms with Gasteiger partial charge in [0.2, 0.25) is 0 Å². The first-order valence-corrected chi connectivity index (χ1v) is 7.09. The van der Waals surface area contributed by atoms with Gasteiger partial charge in [0.15, 0.2) is 0 Å². The number of para-hydroxylation sites is 1. The van der Waals surface area contributed by atoms with E-state index >= 15 is 0 Å². The van der Waals surface area contributed by atoms with E-state index in [0.29, 0.717) is 31.0 Å². The van der Waals surface area contributed by atoms with E-state index in [4.69, 9.17) is 15.2 Å². The largest absolute Gasteiger partial charge is 0.398 e. The molecule has 5 nitrogen and oxygen atoms in total. The van der Waals surface area contributed by atoms with Gasteiger partial charge in [-0.3, -0.25) is 4.79 Å². The van der Waals surface area contributed by atoms with E-state index in [1.54, 1.807) is 18.2 Å². The zero-order valence-electron chi connectivity index (χ0n) is 12.0. The molecule has 0 spiro atoms. The third-order valence-corrected chi connectivity index (χ3v) is 3.28. The molecule has 1 unspecified atom stereocenters. The molecule has 118 valence electrons. The molecule has 6 heteroatoms. The Kier molecular flexibility index (Phi) is 8.12. The Hall–Kier alpha value is -1.30. The number of carbonyl (C=O) groups is 1. The minimum atomic E-state index is -0.137. The maximum Gasteiger partial charge on any atom is 0.253 e. The third-order valence-electron chi connectivity index (χ3n) is 3.28. The molecule has 0 saturated carbocycles. The van der Waals surface area contributed by atoms with Gasteiger partial charge in [-0.15, -0.1) is 12.4 Å². The summed E-state index contributed by atoms with van der Waals surface area (Å²) in [6.07, 6.45) is 3.26. The average molecular weight is 315 g/mol. The van der Waals surface area contributed by atoms with Crippen molar-refractivity contribution in [1.82, 2.24) is 5.32 Å². The second kappa shape index (κ2) is 9.60. The van der Waals surface area contributed by atoms with Crippen LogP contribution >= 0.6 is 12.4 Å². The fourth-order valence-corrected chi connectivity index (χ4v) is 2.17. The zero-order chi connectivity index (χ0) is 14.2. The second-order valence-corrected chi connectivity index (χ2v) is 4.91. The van der Waals surface area contributed by atoms with Crippen LogP contribution in [0, 0.1) is 0 Å². The summed E-state index contributed by atoms with van der Waals surface area (Å²) in [5.74, 6) is -0.137. The maximum absolute atomic E-state index is 11.9. The number of ether oxygens (including phenoxy) is 2. The molecule has 1 aromatic carbocycles. The minimum absolute atomic E-state index is 0. The van der Waals surface area contributed by atoms with E-state index in [1.165, 1.54) is 0 Å². The van der Waals surface area contributed by atoms with Crippen LogP contribution < -0.4 is 11.1 Å². The Balaban J connectivity index is 0.00000220. The molecule has 21 heavy (non-hydrogen) atoms. The van der Waals surface area contributed by atoms with Gasteiger partial charge in [-0.2, -0.15) is 0 Å². The quantitative estimate of drug-likeness (QED) is 0.596. The Labute approximate surface area is 131 Å². The monoisotopic (exact) mass is 314 g/mol. The Bertz CT molecular complexity index is 437. The van der Waals surface area contributed by atoms with Crippen molar-refractivity contribution >= 4 is 24.0 Å².